The summed E-state index contributed by atoms with van der Waals surface area (Å²) in [6.45, 7) is 3.36. The Morgan fingerprint density at radius 1 is 1.67 bits per heavy atom. The predicted molar refractivity (Wildman–Crippen MR) is 40.6 cm³/mol. The summed E-state index contributed by atoms with van der Waals surface area (Å²) in [5, 5.41) is 0. The van der Waals surface area contributed by atoms with Gasteiger partial charge in [0.2, 0.25) is 0 Å². The Morgan fingerprint density at radius 2 is 2.56 bits per heavy atom. The Morgan fingerprint density at radius 3 is 3.11 bits per heavy atom. The standard InChI is InChI=1S/C8H11N/c1-9-7-6-8-4-2-3-5-8/h4,6-7H,1-3,5H2/b7-6-. The highest BCUT2D eigenvalue weighted by atomic mass is 14.6. The van der Waals surface area contributed by atoms with Crippen LogP contribution < -0.4 is 0 Å². The zero-order valence-electron chi connectivity index (χ0n) is 5.51. The lowest BCUT2D eigenvalue weighted by Crippen LogP contribution is -1.66. The summed E-state index contributed by atoms with van der Waals surface area (Å²) < 4.78 is 0. The summed E-state index contributed by atoms with van der Waals surface area (Å²) in [5.74, 6) is 0. The summed E-state index contributed by atoms with van der Waals surface area (Å²) in [5.41, 5.74) is 1.41. The van der Waals surface area contributed by atoms with Crippen molar-refractivity contribution in [2.45, 2.75) is 19.3 Å². The zero-order chi connectivity index (χ0) is 6.53. The lowest BCUT2D eigenvalue weighted by atomic mass is 10.2. The highest BCUT2D eigenvalue weighted by Crippen LogP contribution is 2.17. The van der Waals surface area contributed by atoms with Gasteiger partial charge in [-0.3, -0.25) is 4.99 Å². The van der Waals surface area contributed by atoms with Crippen LogP contribution in [0.4, 0.5) is 0 Å². The Hall–Kier alpha value is -0.850. The molecule has 9 heavy (non-hydrogen) atoms. The number of rotatable bonds is 2. The van der Waals surface area contributed by atoms with Crippen LogP contribution in [0.25, 0.3) is 0 Å². The lowest BCUT2D eigenvalue weighted by molar-refractivity contribution is 0.916. The van der Waals surface area contributed by atoms with E-state index in [0.717, 1.165) is 0 Å². The van der Waals surface area contributed by atoms with E-state index in [1.807, 2.05) is 6.08 Å². The van der Waals surface area contributed by atoms with Gasteiger partial charge in [-0.05, 0) is 32.1 Å². The SMILES string of the molecule is C=N/C=C\C1=CCCC1. The zero-order valence-corrected chi connectivity index (χ0v) is 5.51. The summed E-state index contributed by atoms with van der Waals surface area (Å²) in [6.07, 6.45) is 9.78. The van der Waals surface area contributed by atoms with Crippen molar-refractivity contribution < 1.29 is 0 Å². The van der Waals surface area contributed by atoms with Crippen LogP contribution in [0.2, 0.25) is 0 Å². The highest BCUT2D eigenvalue weighted by Gasteiger charge is 1.98. The van der Waals surface area contributed by atoms with Crippen LogP contribution in [0.3, 0.4) is 0 Å². The molecule has 1 aliphatic rings. The molecule has 1 rings (SSSR count). The molecule has 0 heterocycles. The molecule has 0 aliphatic heterocycles. The number of hydrogen-bond acceptors (Lipinski definition) is 1. The van der Waals surface area contributed by atoms with Gasteiger partial charge in [0.05, 0.1) is 0 Å². The molecule has 0 saturated carbocycles. The summed E-state index contributed by atoms with van der Waals surface area (Å²) in [4.78, 5) is 3.63. The molecular formula is C8H11N. The Balaban J connectivity index is 2.42. The molecule has 0 unspecified atom stereocenters. The Kier molecular flexibility index (Phi) is 2.25. The van der Waals surface area contributed by atoms with Crippen LogP contribution >= 0.6 is 0 Å². The third-order valence-electron chi connectivity index (χ3n) is 1.47. The van der Waals surface area contributed by atoms with E-state index in [4.69, 9.17) is 0 Å². The van der Waals surface area contributed by atoms with Gasteiger partial charge < -0.3 is 0 Å². The van der Waals surface area contributed by atoms with Gasteiger partial charge in [-0.25, -0.2) is 0 Å². The van der Waals surface area contributed by atoms with Crippen molar-refractivity contribution in [1.82, 2.24) is 0 Å². The summed E-state index contributed by atoms with van der Waals surface area (Å²) in [7, 11) is 0. The van der Waals surface area contributed by atoms with Crippen LogP contribution in [-0.4, -0.2) is 6.72 Å². The van der Waals surface area contributed by atoms with Crippen LogP contribution in [0.5, 0.6) is 0 Å². The summed E-state index contributed by atoms with van der Waals surface area (Å²) >= 11 is 0. The van der Waals surface area contributed by atoms with Gasteiger partial charge in [0, 0.05) is 6.20 Å². The van der Waals surface area contributed by atoms with Crippen molar-refractivity contribution in [3.05, 3.63) is 23.9 Å². The van der Waals surface area contributed by atoms with E-state index in [2.05, 4.69) is 17.8 Å². The second-order valence-electron chi connectivity index (χ2n) is 2.17. The fraction of sp³-hybridized carbons (Fsp3) is 0.375. The lowest BCUT2D eigenvalue weighted by Gasteiger charge is -1.85. The maximum absolute atomic E-state index is 3.63. The van der Waals surface area contributed by atoms with Crippen LogP contribution in [-0.2, 0) is 0 Å². The van der Waals surface area contributed by atoms with Gasteiger partial charge >= 0.3 is 0 Å². The van der Waals surface area contributed by atoms with E-state index >= 15 is 0 Å². The minimum Gasteiger partial charge on any atom is -0.273 e. The number of nitrogens with zero attached hydrogens (tertiary/aromatic N) is 1. The molecule has 1 nitrogen and oxygen atoms in total. The van der Waals surface area contributed by atoms with Gasteiger partial charge in [-0.15, -0.1) is 0 Å². The second kappa shape index (κ2) is 3.23. The second-order valence-corrected chi connectivity index (χ2v) is 2.17. The molecule has 0 bridgehead atoms. The smallest absolute Gasteiger partial charge is 0.0263 e. The Labute approximate surface area is 55.8 Å². The Bertz CT molecular complexity index is 154. The van der Waals surface area contributed by atoms with E-state index < -0.39 is 0 Å². The van der Waals surface area contributed by atoms with E-state index in [-0.39, 0.29) is 0 Å². The molecule has 0 radical (unpaired) electrons. The minimum atomic E-state index is 1.21. The predicted octanol–water partition coefficient (Wildman–Crippen LogP) is 2.31. The first kappa shape index (κ1) is 6.27. The largest absolute Gasteiger partial charge is 0.273 e. The topological polar surface area (TPSA) is 12.4 Å². The molecule has 0 N–H and O–H groups in total. The van der Waals surface area contributed by atoms with Crippen molar-refractivity contribution in [1.29, 1.82) is 0 Å². The highest BCUT2D eigenvalue weighted by molar-refractivity contribution is 5.28. The first-order valence-corrected chi connectivity index (χ1v) is 3.25. The van der Waals surface area contributed by atoms with Gasteiger partial charge in [-0.1, -0.05) is 11.6 Å². The molecule has 0 amide bonds. The summed E-state index contributed by atoms with van der Waals surface area (Å²) in [6, 6.07) is 0. The first-order valence-electron chi connectivity index (χ1n) is 3.25. The first-order chi connectivity index (χ1) is 4.43. The molecule has 0 aromatic rings. The van der Waals surface area contributed by atoms with Gasteiger partial charge in [-0.2, -0.15) is 0 Å². The maximum Gasteiger partial charge on any atom is 0.0263 e. The third kappa shape index (κ3) is 1.84. The maximum atomic E-state index is 3.63. The monoisotopic (exact) mass is 121 g/mol. The third-order valence-corrected chi connectivity index (χ3v) is 1.47. The molecule has 0 aromatic carbocycles. The number of aliphatic imine (C=N–C) groups is 1. The van der Waals surface area contributed by atoms with E-state index in [9.17, 15) is 0 Å². The minimum absolute atomic E-state index is 1.21. The molecule has 0 aromatic heterocycles. The van der Waals surface area contributed by atoms with E-state index in [0.29, 0.717) is 0 Å². The van der Waals surface area contributed by atoms with Crippen molar-refractivity contribution in [3.63, 3.8) is 0 Å². The quantitative estimate of drug-likeness (QED) is 0.497. The van der Waals surface area contributed by atoms with Gasteiger partial charge in [0.25, 0.3) is 0 Å². The fourth-order valence-corrected chi connectivity index (χ4v) is 0.996. The average Bonchev–Trinajstić information content (AvgIpc) is 2.34. The molecule has 0 saturated heterocycles. The van der Waals surface area contributed by atoms with Gasteiger partial charge in [0.15, 0.2) is 0 Å². The van der Waals surface area contributed by atoms with Crippen molar-refractivity contribution in [2.24, 2.45) is 4.99 Å². The van der Waals surface area contributed by atoms with Gasteiger partial charge in [0.1, 0.15) is 0 Å². The molecule has 48 valence electrons. The molecular weight excluding hydrogens is 110 g/mol. The van der Waals surface area contributed by atoms with Crippen LogP contribution in [0.1, 0.15) is 19.3 Å². The number of hydrogen-bond donors (Lipinski definition) is 0. The van der Waals surface area contributed by atoms with Crippen LogP contribution in [0, 0.1) is 0 Å². The number of allylic oxidation sites excluding steroid dienone is 3. The normalized spacial score (nSPS) is 18.4. The molecule has 0 spiro atoms. The van der Waals surface area contributed by atoms with Crippen LogP contribution in [0.15, 0.2) is 28.9 Å². The fourth-order valence-electron chi connectivity index (χ4n) is 0.996. The van der Waals surface area contributed by atoms with Crippen molar-refractivity contribution in [3.8, 4) is 0 Å². The van der Waals surface area contributed by atoms with Crippen molar-refractivity contribution in [2.75, 3.05) is 0 Å². The average molecular weight is 121 g/mol. The van der Waals surface area contributed by atoms with E-state index in [1.54, 1.807) is 6.20 Å². The molecule has 1 aliphatic carbocycles. The van der Waals surface area contributed by atoms with Crippen molar-refractivity contribution >= 4 is 6.72 Å². The molecule has 1 heteroatoms. The van der Waals surface area contributed by atoms with E-state index in [1.165, 1.54) is 24.8 Å². The molecule has 0 fully saturated rings. The molecule has 0 atom stereocenters.